The number of nitrogens with zero attached hydrogens (tertiary/aromatic N) is 4. The monoisotopic (exact) mass is 825 g/mol. The Morgan fingerprint density at radius 2 is 1.31 bits per heavy atom. The Morgan fingerprint density at radius 1 is 0.592 bits per heavy atom. The van der Waals surface area contributed by atoms with Gasteiger partial charge in [-0.15, -0.1) is 41.3 Å². The van der Waals surface area contributed by atoms with Gasteiger partial charge >= 0.3 is 0 Å². The van der Waals surface area contributed by atoms with Crippen molar-refractivity contribution in [1.29, 1.82) is 0 Å². The Bertz CT molecular complexity index is 2390. The van der Waals surface area contributed by atoms with E-state index in [1.54, 1.807) is 17.5 Å². The number of thiophene rings is 1. The summed E-state index contributed by atoms with van der Waals surface area (Å²) < 4.78 is 3.45. The Labute approximate surface area is 302 Å². The second-order valence-corrected chi connectivity index (χ2v) is 12.0. The third-order valence-corrected chi connectivity index (χ3v) is 9.07. The van der Waals surface area contributed by atoms with Gasteiger partial charge in [0.1, 0.15) is 0 Å². The SMILES string of the molecule is [Ir].[c-]1ccccc1-c1ccccn1.[c-]1sc2ccc(-c3ccncc3)cc2c1-c1nc2ccccc2n1-c1ccc(-c2ccccc2)cc1. The van der Waals surface area contributed by atoms with Gasteiger partial charge in [0.15, 0.2) is 0 Å². The largest absolute Gasteiger partial charge is 0.333 e. The summed E-state index contributed by atoms with van der Waals surface area (Å²) >= 11 is 1.64. The standard InChI is InChI=1S/C32H20N3S.C11H8N.Ir/c1-2-6-22(7-3-1)23-10-13-26(14-11-23)35-30-9-5-4-8-29(30)34-32(35)28-21-36-31-15-12-25(20-27(28)31)24-16-18-33-19-17-24;1-2-6-10(7-3-1)11-8-4-5-9-12-11;/h1-20H;1-6,8-9H;/q2*-1;. The van der Waals surface area contributed by atoms with Crippen LogP contribution in [0.4, 0.5) is 0 Å². The van der Waals surface area contributed by atoms with Crippen molar-refractivity contribution in [2.24, 2.45) is 0 Å². The number of pyridine rings is 2. The summed E-state index contributed by atoms with van der Waals surface area (Å²) in [5.41, 5.74) is 10.9. The van der Waals surface area contributed by atoms with Gasteiger partial charge in [0.05, 0.1) is 16.9 Å². The molecule has 6 heteroatoms. The van der Waals surface area contributed by atoms with Crippen LogP contribution in [0, 0.1) is 11.4 Å². The van der Waals surface area contributed by atoms with Gasteiger partial charge in [0.25, 0.3) is 0 Å². The number of fused-ring (bicyclic) bond motifs is 2. The van der Waals surface area contributed by atoms with E-state index in [1.165, 1.54) is 15.8 Å². The van der Waals surface area contributed by atoms with Crippen molar-refractivity contribution in [3.63, 3.8) is 0 Å². The topological polar surface area (TPSA) is 43.6 Å². The molecule has 0 bridgehead atoms. The predicted octanol–water partition coefficient (Wildman–Crippen LogP) is 11.0. The molecule has 0 aliphatic heterocycles. The molecule has 0 fully saturated rings. The van der Waals surface area contributed by atoms with Crippen molar-refractivity contribution in [3.05, 3.63) is 182 Å². The molecule has 49 heavy (non-hydrogen) atoms. The van der Waals surface area contributed by atoms with E-state index in [9.17, 15) is 0 Å². The zero-order chi connectivity index (χ0) is 32.1. The second kappa shape index (κ2) is 14.7. The average molecular weight is 825 g/mol. The molecule has 237 valence electrons. The maximum Gasteiger partial charge on any atom is 0.0774 e. The van der Waals surface area contributed by atoms with Gasteiger partial charge in [-0.3, -0.25) is 21.3 Å². The fraction of sp³-hybridized carbons (Fsp3) is 0. The molecule has 4 nitrogen and oxygen atoms in total. The van der Waals surface area contributed by atoms with Crippen LogP contribution in [-0.4, -0.2) is 19.5 Å². The van der Waals surface area contributed by atoms with Gasteiger partial charge in [-0.05, 0) is 70.4 Å². The van der Waals surface area contributed by atoms with Crippen molar-refractivity contribution in [3.8, 4) is 50.6 Å². The van der Waals surface area contributed by atoms with E-state index < -0.39 is 0 Å². The molecule has 1 radical (unpaired) electrons. The van der Waals surface area contributed by atoms with Crippen LogP contribution in [0.5, 0.6) is 0 Å². The van der Waals surface area contributed by atoms with Gasteiger partial charge < -0.3 is 9.55 Å². The maximum atomic E-state index is 5.09. The molecule has 5 aromatic carbocycles. The van der Waals surface area contributed by atoms with E-state index in [0.717, 1.165) is 55.9 Å². The Morgan fingerprint density at radius 3 is 2.08 bits per heavy atom. The van der Waals surface area contributed by atoms with E-state index in [2.05, 4.69) is 111 Å². The molecule has 9 rings (SSSR count). The van der Waals surface area contributed by atoms with Gasteiger partial charge in [-0.2, -0.15) is 0 Å². The molecular weight excluding hydrogens is 797 g/mol. The number of para-hydroxylation sites is 2. The van der Waals surface area contributed by atoms with Crippen LogP contribution in [0.1, 0.15) is 0 Å². The minimum Gasteiger partial charge on any atom is -0.333 e. The minimum absolute atomic E-state index is 0. The quantitative estimate of drug-likeness (QED) is 0.162. The van der Waals surface area contributed by atoms with Gasteiger partial charge in [-0.25, -0.2) is 0 Å². The van der Waals surface area contributed by atoms with Gasteiger partial charge in [-0.1, -0.05) is 101 Å². The van der Waals surface area contributed by atoms with Crippen molar-refractivity contribution < 1.29 is 20.1 Å². The molecule has 0 N–H and O–H groups in total. The van der Waals surface area contributed by atoms with Crippen molar-refractivity contribution in [2.75, 3.05) is 0 Å². The Hall–Kier alpha value is -5.52. The van der Waals surface area contributed by atoms with E-state index in [4.69, 9.17) is 4.98 Å². The Kier molecular flexibility index (Phi) is 9.62. The van der Waals surface area contributed by atoms with E-state index in [0.29, 0.717) is 0 Å². The molecule has 0 atom stereocenters. The maximum absolute atomic E-state index is 5.09. The van der Waals surface area contributed by atoms with Crippen LogP contribution < -0.4 is 0 Å². The summed E-state index contributed by atoms with van der Waals surface area (Å²) in [5, 5.41) is 4.72. The normalized spacial score (nSPS) is 10.7. The van der Waals surface area contributed by atoms with Crippen LogP contribution in [0.3, 0.4) is 0 Å². The first-order valence-electron chi connectivity index (χ1n) is 15.7. The number of rotatable bonds is 5. The van der Waals surface area contributed by atoms with Crippen molar-refractivity contribution in [1.82, 2.24) is 19.5 Å². The first kappa shape index (κ1) is 32.0. The third-order valence-electron chi connectivity index (χ3n) is 8.19. The van der Waals surface area contributed by atoms with Crippen molar-refractivity contribution in [2.45, 2.75) is 0 Å². The average Bonchev–Trinajstić information content (AvgIpc) is 3.78. The molecule has 0 spiro atoms. The number of hydrogen-bond acceptors (Lipinski definition) is 4. The summed E-state index contributed by atoms with van der Waals surface area (Å²) in [5.74, 6) is 0.904. The minimum atomic E-state index is 0. The smallest absolute Gasteiger partial charge is 0.0774 e. The summed E-state index contributed by atoms with van der Waals surface area (Å²) in [6.07, 6.45) is 5.45. The summed E-state index contributed by atoms with van der Waals surface area (Å²) in [6, 6.07) is 55.0. The number of aromatic nitrogens is 4. The number of hydrogen-bond donors (Lipinski definition) is 0. The van der Waals surface area contributed by atoms with Crippen LogP contribution in [-0.2, 0) is 20.1 Å². The predicted molar refractivity (Wildman–Crippen MR) is 198 cm³/mol. The summed E-state index contributed by atoms with van der Waals surface area (Å²) in [4.78, 5) is 13.5. The molecular formula is C43H28IrN4S-2. The molecule has 4 heterocycles. The second-order valence-electron chi connectivity index (χ2n) is 11.2. The molecule has 0 aliphatic rings. The number of imidazole rings is 1. The van der Waals surface area contributed by atoms with E-state index in [1.807, 2.05) is 79.1 Å². The fourth-order valence-electron chi connectivity index (χ4n) is 5.83. The van der Waals surface area contributed by atoms with Crippen LogP contribution in [0.15, 0.2) is 170 Å². The molecule has 0 aliphatic carbocycles. The molecule has 0 saturated carbocycles. The zero-order valence-electron chi connectivity index (χ0n) is 26.2. The number of benzene rings is 5. The van der Waals surface area contributed by atoms with E-state index in [-0.39, 0.29) is 20.1 Å². The fourth-order valence-corrected chi connectivity index (χ4v) is 6.65. The van der Waals surface area contributed by atoms with Crippen LogP contribution in [0.2, 0.25) is 0 Å². The van der Waals surface area contributed by atoms with Crippen LogP contribution >= 0.6 is 11.3 Å². The van der Waals surface area contributed by atoms with Crippen molar-refractivity contribution >= 4 is 32.5 Å². The molecule has 0 unspecified atom stereocenters. The molecule has 9 aromatic rings. The summed E-state index contributed by atoms with van der Waals surface area (Å²) in [7, 11) is 0. The van der Waals surface area contributed by atoms with E-state index >= 15 is 0 Å². The molecule has 0 amide bonds. The molecule has 0 saturated heterocycles. The summed E-state index contributed by atoms with van der Waals surface area (Å²) in [6.45, 7) is 0. The Balaban J connectivity index is 0.000000246. The first-order valence-corrected chi connectivity index (χ1v) is 16.5. The van der Waals surface area contributed by atoms with Gasteiger partial charge in [0, 0.05) is 44.4 Å². The zero-order valence-corrected chi connectivity index (χ0v) is 29.4. The van der Waals surface area contributed by atoms with Gasteiger partial charge in [0.2, 0.25) is 0 Å². The molecule has 4 aromatic heterocycles. The van der Waals surface area contributed by atoms with Crippen LogP contribution in [0.25, 0.3) is 71.7 Å². The first-order chi connectivity index (χ1) is 23.8. The third kappa shape index (κ3) is 6.76.